The quantitative estimate of drug-likeness (QED) is 0.166. The van der Waals surface area contributed by atoms with Gasteiger partial charge < -0.3 is 0 Å². The molecule has 0 fully saturated rings. The monoisotopic (exact) mass is 650 g/mol. The Balaban J connectivity index is 1.48. The molecule has 2 atom stereocenters. The number of aryl methyl sites for hydroxylation is 2. The maximum atomic E-state index is 2.76. The van der Waals surface area contributed by atoms with Crippen molar-refractivity contribution >= 4 is 24.6 Å². The number of rotatable bonds is 5. The molecule has 7 rings (SSSR count). The van der Waals surface area contributed by atoms with Crippen LogP contribution in [0.25, 0.3) is 40.0 Å². The van der Waals surface area contributed by atoms with Crippen LogP contribution in [0.1, 0.15) is 53.1 Å². The second kappa shape index (κ2) is 10.4. The zero-order chi connectivity index (χ0) is 30.0. The van der Waals surface area contributed by atoms with Crippen molar-refractivity contribution in [2.24, 2.45) is 0 Å². The number of allylic oxidation sites excluding steroid dienone is 2. The maximum absolute atomic E-state index is 3.80. The molecule has 0 saturated heterocycles. The SMILES string of the molecule is CC1=Cc2c(-c3ccccc3)ccc(C)c2[CH]1[Zr]([CH3])([CH3])(=[SiH2])[CH]1C(c2ccccc2C)=Cc2c(-c3ccccc3)cccc21. The minimum atomic E-state index is -3.80. The molecule has 2 heteroatoms. The fourth-order valence-electron chi connectivity index (χ4n) is 8.50. The van der Waals surface area contributed by atoms with Crippen molar-refractivity contribution in [3.8, 4) is 22.3 Å². The zero-order valence-corrected chi connectivity index (χ0v) is 29.9. The van der Waals surface area contributed by atoms with Gasteiger partial charge in [-0.1, -0.05) is 0 Å². The molecule has 0 bridgehead atoms. The summed E-state index contributed by atoms with van der Waals surface area (Å²) in [7, 11) is 0. The summed E-state index contributed by atoms with van der Waals surface area (Å²) in [6, 6.07) is 42.8. The van der Waals surface area contributed by atoms with E-state index in [1.54, 1.807) is 11.1 Å². The minimum absolute atomic E-state index is 0.415. The van der Waals surface area contributed by atoms with Crippen molar-refractivity contribution in [1.29, 1.82) is 0 Å². The van der Waals surface area contributed by atoms with Gasteiger partial charge in [-0.2, -0.15) is 0 Å². The fourth-order valence-corrected chi connectivity index (χ4v) is 28.4. The summed E-state index contributed by atoms with van der Waals surface area (Å²) in [6.45, 7) is 9.48. The Labute approximate surface area is 259 Å². The van der Waals surface area contributed by atoms with Crippen LogP contribution in [-0.4, -0.2) is 6.88 Å². The average Bonchev–Trinajstić information content (AvgIpc) is 3.58. The summed E-state index contributed by atoms with van der Waals surface area (Å²) >= 11 is -3.80. The third-order valence-corrected chi connectivity index (χ3v) is 27.7. The Morgan fingerprint density at radius 3 is 1.74 bits per heavy atom. The molecule has 0 saturated carbocycles. The molecule has 2 aliphatic carbocycles. The Morgan fingerprint density at radius 2 is 1.09 bits per heavy atom. The average molecular weight is 652 g/mol. The summed E-state index contributed by atoms with van der Waals surface area (Å²) in [5, 5.41) is 0. The normalized spacial score (nSPS) is 17.7. The molecule has 0 N–H and O–H groups in total. The van der Waals surface area contributed by atoms with E-state index in [9.17, 15) is 0 Å². The van der Waals surface area contributed by atoms with Gasteiger partial charge in [-0.15, -0.1) is 0 Å². The van der Waals surface area contributed by atoms with Crippen molar-refractivity contribution in [2.75, 3.05) is 0 Å². The Morgan fingerprint density at radius 1 is 0.512 bits per heavy atom. The van der Waals surface area contributed by atoms with Gasteiger partial charge >= 0.3 is 261 Å². The summed E-state index contributed by atoms with van der Waals surface area (Å²) in [5.74, 6) is 0. The number of fused-ring (bicyclic) bond motifs is 2. The second-order valence-electron chi connectivity index (χ2n) is 13.9. The Hall–Kier alpha value is -3.32. The van der Waals surface area contributed by atoms with Gasteiger partial charge in [-0.25, -0.2) is 0 Å². The summed E-state index contributed by atoms with van der Waals surface area (Å²) < 4.78 is 6.40. The number of hydrogen-bond donors (Lipinski definition) is 0. The zero-order valence-electron chi connectivity index (χ0n) is 26.0. The van der Waals surface area contributed by atoms with Crippen molar-refractivity contribution in [3.05, 3.63) is 160 Å². The van der Waals surface area contributed by atoms with Gasteiger partial charge in [0, 0.05) is 0 Å². The molecule has 2 aliphatic rings. The van der Waals surface area contributed by atoms with Gasteiger partial charge in [-0.05, 0) is 0 Å². The standard InChI is InChI=1S/C22H17.C17H15.2CH3.H2Si.Zr/c1-16-8-5-6-12-20(16)19-14-18-11-7-13-21(22(18)15-19)17-9-3-2-4-10-17;1-12-10-16-13(2)8-9-15(17(16)11-12)14-6-4-3-5-7-14;;;;/h2-15H,1H3;3-11H,1-2H3;2*1H3;1H2;. The van der Waals surface area contributed by atoms with Crippen molar-refractivity contribution in [3.63, 3.8) is 0 Å². The fraction of sp³-hybridized carbons (Fsp3) is 0.171. The van der Waals surface area contributed by atoms with Gasteiger partial charge in [-0.3, -0.25) is 0 Å². The van der Waals surface area contributed by atoms with Crippen LogP contribution in [0.5, 0.6) is 0 Å². The third-order valence-electron chi connectivity index (χ3n) is 10.2. The molecule has 0 heterocycles. The summed E-state index contributed by atoms with van der Waals surface area (Å²) in [6.07, 6.45) is 5.11. The first-order valence-electron chi connectivity index (χ1n) is 15.5. The molecular formula is C41H40SiZr. The van der Waals surface area contributed by atoms with E-state index in [2.05, 4.69) is 164 Å². The summed E-state index contributed by atoms with van der Waals surface area (Å²) in [4.78, 5) is 0. The van der Waals surface area contributed by atoms with Crippen LogP contribution in [0, 0.1) is 13.8 Å². The van der Waals surface area contributed by atoms with Crippen molar-refractivity contribution < 1.29 is 17.4 Å². The predicted octanol–water partition coefficient (Wildman–Crippen LogP) is 10.7. The van der Waals surface area contributed by atoms with Gasteiger partial charge in [0.25, 0.3) is 0 Å². The molecule has 5 aromatic rings. The van der Waals surface area contributed by atoms with E-state index < -0.39 is 17.4 Å². The van der Waals surface area contributed by atoms with Crippen LogP contribution in [0.15, 0.2) is 121 Å². The number of benzene rings is 5. The molecule has 0 radical (unpaired) electrons. The van der Waals surface area contributed by atoms with Gasteiger partial charge in [0.15, 0.2) is 0 Å². The van der Waals surface area contributed by atoms with E-state index >= 15 is 0 Å². The molecule has 0 amide bonds. The molecule has 0 aliphatic heterocycles. The van der Waals surface area contributed by atoms with Crippen molar-refractivity contribution in [1.82, 2.24) is 0 Å². The van der Waals surface area contributed by atoms with Crippen LogP contribution >= 0.6 is 0 Å². The van der Waals surface area contributed by atoms with Gasteiger partial charge in [0.05, 0.1) is 0 Å². The van der Waals surface area contributed by atoms with Crippen LogP contribution in [-0.2, 0) is 17.4 Å². The van der Waals surface area contributed by atoms with Gasteiger partial charge in [0.2, 0.25) is 0 Å². The molecule has 43 heavy (non-hydrogen) atoms. The van der Waals surface area contributed by atoms with E-state index in [0.29, 0.717) is 7.25 Å². The summed E-state index contributed by atoms with van der Waals surface area (Å²) in [5.41, 5.74) is 18.6. The first-order chi connectivity index (χ1) is 20.6. The van der Waals surface area contributed by atoms with E-state index in [4.69, 9.17) is 0 Å². The molecule has 0 spiro atoms. The first kappa shape index (κ1) is 28.5. The molecule has 2 unspecified atom stereocenters. The van der Waals surface area contributed by atoms with E-state index in [-0.39, 0.29) is 0 Å². The number of hydrogen-bond acceptors (Lipinski definition) is 0. The van der Waals surface area contributed by atoms with Crippen LogP contribution < -0.4 is 0 Å². The Kier molecular flexibility index (Phi) is 6.88. The molecule has 212 valence electrons. The van der Waals surface area contributed by atoms with Gasteiger partial charge in [0.1, 0.15) is 0 Å². The molecule has 0 nitrogen and oxygen atoms in total. The molecular weight excluding hydrogens is 612 g/mol. The first-order valence-corrected chi connectivity index (χ1v) is 29.2. The molecule has 5 aromatic carbocycles. The van der Waals surface area contributed by atoms with E-state index in [0.717, 1.165) is 0 Å². The van der Waals surface area contributed by atoms with E-state index in [1.165, 1.54) is 61.2 Å². The van der Waals surface area contributed by atoms with Crippen molar-refractivity contribution in [2.45, 2.75) is 37.3 Å². The third kappa shape index (κ3) is 4.57. The topological polar surface area (TPSA) is 0 Å². The second-order valence-corrected chi connectivity index (χ2v) is 44.4. The molecule has 0 aromatic heterocycles. The Bertz CT molecular complexity index is 2020. The van der Waals surface area contributed by atoms with E-state index in [1.807, 2.05) is 0 Å². The van der Waals surface area contributed by atoms with Crippen LogP contribution in [0.4, 0.5) is 0 Å². The van der Waals surface area contributed by atoms with Crippen LogP contribution in [0.3, 0.4) is 0 Å². The van der Waals surface area contributed by atoms with Crippen LogP contribution in [0.2, 0.25) is 9.26 Å². The predicted molar refractivity (Wildman–Crippen MR) is 187 cm³/mol.